The molecule has 0 saturated carbocycles. The smallest absolute Gasteiger partial charge is 1.00 e. The van der Waals surface area contributed by atoms with Crippen molar-refractivity contribution in [2.75, 3.05) is 0 Å². The number of alkyl halides is 6. The van der Waals surface area contributed by atoms with Crippen LogP contribution in [0.1, 0.15) is 138 Å². The van der Waals surface area contributed by atoms with E-state index in [1.54, 1.807) is 12.1 Å². The van der Waals surface area contributed by atoms with E-state index in [4.69, 9.17) is 0 Å². The normalized spacial score (nSPS) is 15.3. The van der Waals surface area contributed by atoms with Crippen LogP contribution in [0.25, 0.3) is 11.1 Å². The number of hydrogen-bond acceptors (Lipinski definition) is 0. The fourth-order valence-electron chi connectivity index (χ4n) is 9.01. The molecular weight excluding hydrogens is 877 g/mol. The van der Waals surface area contributed by atoms with Gasteiger partial charge >= 0.3 is 345 Å². The van der Waals surface area contributed by atoms with Crippen molar-refractivity contribution in [1.82, 2.24) is 0 Å². The molecule has 0 saturated heterocycles. The van der Waals surface area contributed by atoms with Gasteiger partial charge in [-0.2, -0.15) is 0 Å². The van der Waals surface area contributed by atoms with Gasteiger partial charge in [0.2, 0.25) is 0 Å². The van der Waals surface area contributed by atoms with Crippen molar-refractivity contribution in [2.24, 2.45) is 11.3 Å². The van der Waals surface area contributed by atoms with Crippen LogP contribution in [-0.2, 0) is 50.9 Å². The summed E-state index contributed by atoms with van der Waals surface area (Å²) >= 11 is -3.89. The largest absolute Gasteiger partial charge is 1.00 e. The van der Waals surface area contributed by atoms with Gasteiger partial charge in [0.15, 0.2) is 0 Å². The standard InChI is InChI=1S/C23H29.C15H8F6.C12H19.2ClH.Zr/c1-14-9-16-11-17-10-15(2)21(23(6,7)8)13-19(17)18(16)12-20(14)22(3,4)5;16-14(17,18)12-5-1-3-10(8-12)7-11-4-2-6-13(9-11)15(19,20)21;1-5-6-10-7-8-11(9-10)12(2,3)4;;;/h9,12-13H,11H2,1-8H3;1-6,8-9H;8-10H,5-6H2,1-4H3;2*1H;/q;;;;;+2/p-2. The number of allylic oxidation sites excluding steroid dienone is 4. The molecular formula is C50H56Cl2F6Zr. The third-order valence-corrected chi connectivity index (χ3v) is 19.9. The molecule has 59 heavy (non-hydrogen) atoms. The first kappa shape index (κ1) is 48.9. The van der Waals surface area contributed by atoms with Crippen LogP contribution in [0.4, 0.5) is 26.3 Å². The Kier molecular flexibility index (Phi) is 14.3. The van der Waals surface area contributed by atoms with E-state index in [1.165, 1.54) is 58.6 Å². The second-order valence-electron chi connectivity index (χ2n) is 19.2. The molecule has 0 aliphatic heterocycles. The van der Waals surface area contributed by atoms with Gasteiger partial charge in [-0.05, 0) is 0 Å². The van der Waals surface area contributed by atoms with Crippen LogP contribution < -0.4 is 28.1 Å². The molecule has 316 valence electrons. The van der Waals surface area contributed by atoms with Crippen molar-refractivity contribution in [3.05, 3.63) is 143 Å². The zero-order valence-corrected chi connectivity index (χ0v) is 40.2. The fraction of sp³-hybridized carbons (Fsp3) is 0.420. The number of rotatable bonds is 6. The number of halogens is 8. The first-order valence-corrected chi connectivity index (χ1v) is 23.8. The predicted octanol–water partition coefficient (Wildman–Crippen LogP) is 8.31. The summed E-state index contributed by atoms with van der Waals surface area (Å²) in [6.07, 6.45) is -2.25. The third kappa shape index (κ3) is 9.84. The molecule has 0 fully saturated rings. The zero-order chi connectivity index (χ0) is 42.2. The molecule has 0 heterocycles. The number of aryl methyl sites for hydroxylation is 1. The van der Waals surface area contributed by atoms with Gasteiger partial charge in [0.1, 0.15) is 0 Å². The maximum absolute atomic E-state index is 14.6. The maximum atomic E-state index is 14.6. The molecule has 0 spiro atoms. The summed E-state index contributed by atoms with van der Waals surface area (Å²) in [5.41, 5.74) is 9.04. The van der Waals surface area contributed by atoms with E-state index in [1.807, 2.05) is 0 Å². The molecule has 6 rings (SSSR count). The number of benzene rings is 4. The molecule has 0 aromatic heterocycles. The van der Waals surface area contributed by atoms with E-state index in [9.17, 15) is 26.3 Å². The van der Waals surface area contributed by atoms with Gasteiger partial charge in [0.25, 0.3) is 0 Å². The molecule has 0 bridgehead atoms. The summed E-state index contributed by atoms with van der Waals surface area (Å²) in [6, 6.07) is 17.6. The van der Waals surface area contributed by atoms with E-state index in [0.717, 1.165) is 47.2 Å². The van der Waals surface area contributed by atoms with Crippen molar-refractivity contribution in [3.63, 3.8) is 0 Å². The van der Waals surface area contributed by atoms with Gasteiger partial charge in [0.05, 0.1) is 0 Å². The van der Waals surface area contributed by atoms with Crippen LogP contribution in [0.3, 0.4) is 0 Å². The molecule has 1 unspecified atom stereocenters. The van der Waals surface area contributed by atoms with Crippen LogP contribution in [0.15, 0.2) is 87.7 Å². The van der Waals surface area contributed by atoms with E-state index in [0.29, 0.717) is 20.8 Å². The Labute approximate surface area is 368 Å². The van der Waals surface area contributed by atoms with Crippen LogP contribution in [0.5, 0.6) is 0 Å². The minimum absolute atomic E-state index is 0. The topological polar surface area (TPSA) is 0 Å². The van der Waals surface area contributed by atoms with Gasteiger partial charge in [-0.3, -0.25) is 0 Å². The van der Waals surface area contributed by atoms with E-state index in [-0.39, 0.29) is 47.0 Å². The minimum Gasteiger partial charge on any atom is -1.00 e. The predicted molar refractivity (Wildman–Crippen MR) is 221 cm³/mol. The summed E-state index contributed by atoms with van der Waals surface area (Å²) < 4.78 is 90.6. The molecule has 2 aliphatic carbocycles. The Morgan fingerprint density at radius 2 is 1.17 bits per heavy atom. The first-order chi connectivity index (χ1) is 26.2. The average Bonchev–Trinajstić information content (AvgIpc) is 3.66. The summed E-state index contributed by atoms with van der Waals surface area (Å²) in [5.74, 6) is 0.0112. The molecule has 9 heteroatoms. The maximum Gasteiger partial charge on any atom is -1.00 e. The molecule has 0 amide bonds. The molecule has 1 atom stereocenters. The summed E-state index contributed by atoms with van der Waals surface area (Å²) in [5, 5.41) is 0. The SMILES string of the molecule is CCCC1C=C(C(C)(C)C)C=[C]1[Zr+2](=[C](c1cccc(C(F)(F)F)c1)c1cccc(C(F)(F)F)c1)[c]1c(C)c(C(C)(C)C)cc2c1Cc1cc(C)c(C(C)(C)C)cc1-2.[Cl-].[Cl-]. The van der Waals surface area contributed by atoms with Crippen LogP contribution in [0, 0.1) is 25.2 Å². The monoisotopic (exact) mass is 930 g/mol. The van der Waals surface area contributed by atoms with Gasteiger partial charge < -0.3 is 24.8 Å². The summed E-state index contributed by atoms with van der Waals surface area (Å²) in [7, 11) is 0. The van der Waals surface area contributed by atoms with E-state index in [2.05, 4.69) is 113 Å². The van der Waals surface area contributed by atoms with Crippen molar-refractivity contribution < 1.29 is 72.4 Å². The fourth-order valence-corrected chi connectivity index (χ4v) is 18.0. The zero-order valence-electron chi connectivity index (χ0n) is 36.2. The van der Waals surface area contributed by atoms with E-state index < -0.39 is 44.7 Å². The second-order valence-corrected chi connectivity index (χ2v) is 24.9. The molecule has 4 aromatic rings. The van der Waals surface area contributed by atoms with Gasteiger partial charge in [-0.25, -0.2) is 0 Å². The Hall–Kier alpha value is -2.73. The van der Waals surface area contributed by atoms with Crippen molar-refractivity contribution in [2.45, 2.75) is 126 Å². The van der Waals surface area contributed by atoms with Crippen LogP contribution in [0.2, 0.25) is 0 Å². The van der Waals surface area contributed by atoms with Crippen LogP contribution >= 0.6 is 0 Å². The van der Waals surface area contributed by atoms with Gasteiger partial charge in [-0.15, -0.1) is 0 Å². The Morgan fingerprint density at radius 3 is 1.63 bits per heavy atom. The first-order valence-electron chi connectivity index (χ1n) is 20.1. The average molecular weight is 933 g/mol. The molecule has 0 N–H and O–H groups in total. The molecule has 0 radical (unpaired) electrons. The molecule has 0 nitrogen and oxygen atoms in total. The summed E-state index contributed by atoms with van der Waals surface area (Å²) in [6.45, 7) is 26.2. The molecule has 4 aromatic carbocycles. The van der Waals surface area contributed by atoms with E-state index >= 15 is 0 Å². The Balaban J connectivity index is 0.00000384. The quantitative estimate of drug-likeness (QED) is 0.151. The Bertz CT molecular complexity index is 2280. The van der Waals surface area contributed by atoms with Crippen LogP contribution in [-0.4, -0.2) is 3.21 Å². The van der Waals surface area contributed by atoms with Crippen molar-refractivity contribution >= 4 is 6.48 Å². The number of hydrogen-bond donors (Lipinski definition) is 0. The third-order valence-electron chi connectivity index (χ3n) is 11.7. The van der Waals surface area contributed by atoms with Crippen molar-refractivity contribution in [3.8, 4) is 11.1 Å². The minimum atomic E-state index is -4.63. The van der Waals surface area contributed by atoms with Gasteiger partial charge in [0, 0.05) is 0 Å². The summed E-state index contributed by atoms with van der Waals surface area (Å²) in [4.78, 5) is 0. The Morgan fingerprint density at radius 1 is 0.661 bits per heavy atom. The number of fused-ring (bicyclic) bond motifs is 3. The van der Waals surface area contributed by atoms with Gasteiger partial charge in [-0.1, -0.05) is 0 Å². The molecule has 2 aliphatic rings. The second kappa shape index (κ2) is 17.2. The van der Waals surface area contributed by atoms with Crippen molar-refractivity contribution in [1.29, 1.82) is 0 Å².